The second kappa shape index (κ2) is 10.6. The summed E-state index contributed by atoms with van der Waals surface area (Å²) in [4.78, 5) is 39.8. The molecule has 0 radical (unpaired) electrons. The second-order valence-corrected chi connectivity index (χ2v) is 9.50. The fourth-order valence-corrected chi connectivity index (χ4v) is 4.48. The Kier molecular flexibility index (Phi) is 7.32. The van der Waals surface area contributed by atoms with Gasteiger partial charge in [0.15, 0.2) is 0 Å². The maximum atomic E-state index is 13.0. The van der Waals surface area contributed by atoms with E-state index in [2.05, 4.69) is 20.8 Å². The lowest BCUT2D eigenvalue weighted by Gasteiger charge is -2.31. The first kappa shape index (κ1) is 23.6. The number of carbonyl (C=O) groups is 3. The van der Waals surface area contributed by atoms with Crippen LogP contribution in [-0.2, 0) is 11.3 Å². The maximum absolute atomic E-state index is 13.0. The van der Waals surface area contributed by atoms with E-state index in [-0.39, 0.29) is 27.7 Å². The molecule has 2 heterocycles. The summed E-state index contributed by atoms with van der Waals surface area (Å²) in [5.74, 6) is -1.05. The molecule has 0 aliphatic carbocycles. The summed E-state index contributed by atoms with van der Waals surface area (Å²) in [6, 6.07) is 15.4. The van der Waals surface area contributed by atoms with Crippen molar-refractivity contribution in [2.45, 2.75) is 33.2 Å². The van der Waals surface area contributed by atoms with Crippen molar-refractivity contribution in [3.8, 4) is 0 Å². The van der Waals surface area contributed by atoms with Crippen LogP contribution in [0.1, 0.15) is 49.1 Å². The Morgan fingerprint density at radius 1 is 0.971 bits per heavy atom. The van der Waals surface area contributed by atoms with Gasteiger partial charge in [0.1, 0.15) is 0 Å². The molecule has 3 aromatic rings. The summed E-state index contributed by atoms with van der Waals surface area (Å²) in [6.07, 6.45) is 1.46. The lowest BCUT2D eigenvalue weighted by molar-refractivity contribution is -0.126. The Morgan fingerprint density at radius 3 is 2.32 bits per heavy atom. The number of nitrogens with zero attached hydrogens (tertiary/aromatic N) is 3. The molecule has 1 aliphatic heterocycles. The number of aryl methyl sites for hydroxylation is 2. The highest BCUT2D eigenvalue weighted by Gasteiger charge is 2.30. The van der Waals surface area contributed by atoms with E-state index in [1.54, 1.807) is 17.0 Å². The molecule has 0 spiro atoms. The summed E-state index contributed by atoms with van der Waals surface area (Å²) in [5, 5.41) is 13.8. The standard InChI is InChI=1S/C25H27N5O3S/c1-16-5-9-18(10-6-16)14-26-21(31)19-4-3-13-30(15-19)25(33)24-29-28-23(34-24)22(32)27-20-11-7-17(2)8-12-20/h5-12,19H,3-4,13-15H2,1-2H3,(H,26,31)(H,27,32). The molecule has 9 heteroatoms. The Hall–Kier alpha value is -3.59. The third-order valence-electron chi connectivity index (χ3n) is 5.78. The molecule has 1 aliphatic rings. The first-order chi connectivity index (χ1) is 16.4. The highest BCUT2D eigenvalue weighted by molar-refractivity contribution is 7.15. The topological polar surface area (TPSA) is 104 Å². The van der Waals surface area contributed by atoms with Crippen molar-refractivity contribution in [3.05, 3.63) is 75.2 Å². The number of likely N-dealkylation sites (tertiary alicyclic amines) is 1. The van der Waals surface area contributed by atoms with Crippen molar-refractivity contribution in [2.75, 3.05) is 18.4 Å². The zero-order valence-corrected chi connectivity index (χ0v) is 20.0. The summed E-state index contributed by atoms with van der Waals surface area (Å²) in [7, 11) is 0. The van der Waals surface area contributed by atoms with E-state index < -0.39 is 5.91 Å². The SMILES string of the molecule is Cc1ccc(CNC(=O)C2CCCN(C(=O)c3nnc(C(=O)Nc4ccc(C)cc4)s3)C2)cc1. The molecule has 0 saturated carbocycles. The van der Waals surface area contributed by atoms with Gasteiger partial charge in [-0.05, 0) is 44.4 Å². The number of nitrogens with one attached hydrogen (secondary N) is 2. The van der Waals surface area contributed by atoms with E-state index in [9.17, 15) is 14.4 Å². The van der Waals surface area contributed by atoms with Crippen LogP contribution in [-0.4, -0.2) is 45.9 Å². The number of piperidine rings is 1. The van der Waals surface area contributed by atoms with Gasteiger partial charge in [0, 0.05) is 25.3 Å². The Morgan fingerprint density at radius 2 is 1.62 bits per heavy atom. The number of benzene rings is 2. The predicted molar refractivity (Wildman–Crippen MR) is 131 cm³/mol. The van der Waals surface area contributed by atoms with Gasteiger partial charge in [-0.15, -0.1) is 10.2 Å². The summed E-state index contributed by atoms with van der Waals surface area (Å²) in [6.45, 7) is 5.31. The Bertz CT molecular complexity index is 1170. The highest BCUT2D eigenvalue weighted by atomic mass is 32.1. The smallest absolute Gasteiger partial charge is 0.286 e. The van der Waals surface area contributed by atoms with E-state index in [1.165, 1.54) is 5.56 Å². The van der Waals surface area contributed by atoms with Gasteiger partial charge in [-0.2, -0.15) is 0 Å². The summed E-state index contributed by atoms with van der Waals surface area (Å²) in [5.41, 5.74) is 3.94. The number of anilines is 1. The molecule has 1 fully saturated rings. The van der Waals surface area contributed by atoms with Crippen LogP contribution in [0.3, 0.4) is 0 Å². The number of hydrogen-bond donors (Lipinski definition) is 2. The number of rotatable bonds is 6. The fraction of sp³-hybridized carbons (Fsp3) is 0.320. The van der Waals surface area contributed by atoms with Gasteiger partial charge >= 0.3 is 0 Å². The van der Waals surface area contributed by atoms with Gasteiger partial charge in [-0.1, -0.05) is 58.9 Å². The molecule has 34 heavy (non-hydrogen) atoms. The van der Waals surface area contributed by atoms with Gasteiger partial charge < -0.3 is 15.5 Å². The van der Waals surface area contributed by atoms with Crippen LogP contribution in [0, 0.1) is 19.8 Å². The zero-order valence-electron chi connectivity index (χ0n) is 19.2. The molecule has 4 rings (SSSR count). The maximum Gasteiger partial charge on any atom is 0.286 e. The van der Waals surface area contributed by atoms with Crippen LogP contribution in [0.5, 0.6) is 0 Å². The van der Waals surface area contributed by atoms with E-state index >= 15 is 0 Å². The molecule has 1 aromatic heterocycles. The van der Waals surface area contributed by atoms with Crippen molar-refractivity contribution in [1.82, 2.24) is 20.4 Å². The first-order valence-electron chi connectivity index (χ1n) is 11.2. The Labute approximate surface area is 202 Å². The zero-order chi connectivity index (χ0) is 24.1. The largest absolute Gasteiger partial charge is 0.352 e. The predicted octanol–water partition coefficient (Wildman–Crippen LogP) is 3.58. The molecule has 0 bridgehead atoms. The van der Waals surface area contributed by atoms with Crippen molar-refractivity contribution in [3.63, 3.8) is 0 Å². The average Bonchev–Trinajstić information content (AvgIpc) is 3.35. The average molecular weight is 478 g/mol. The molecule has 1 saturated heterocycles. The van der Waals surface area contributed by atoms with Crippen molar-refractivity contribution in [1.29, 1.82) is 0 Å². The second-order valence-electron chi connectivity index (χ2n) is 8.53. The van der Waals surface area contributed by atoms with Crippen LogP contribution >= 0.6 is 11.3 Å². The highest BCUT2D eigenvalue weighted by Crippen LogP contribution is 2.21. The monoisotopic (exact) mass is 477 g/mol. The number of amides is 3. The minimum Gasteiger partial charge on any atom is -0.352 e. The van der Waals surface area contributed by atoms with Crippen LogP contribution in [0.15, 0.2) is 48.5 Å². The summed E-state index contributed by atoms with van der Waals surface area (Å²) < 4.78 is 0. The van der Waals surface area contributed by atoms with Gasteiger partial charge in [-0.3, -0.25) is 14.4 Å². The van der Waals surface area contributed by atoms with Gasteiger partial charge in [0.2, 0.25) is 15.9 Å². The third-order valence-corrected chi connectivity index (χ3v) is 6.69. The van der Waals surface area contributed by atoms with Crippen molar-refractivity contribution in [2.24, 2.45) is 5.92 Å². The van der Waals surface area contributed by atoms with Gasteiger partial charge in [-0.25, -0.2) is 0 Å². The van der Waals surface area contributed by atoms with Crippen LogP contribution in [0.2, 0.25) is 0 Å². The van der Waals surface area contributed by atoms with E-state index in [4.69, 9.17) is 0 Å². The third kappa shape index (κ3) is 5.85. The Balaban J connectivity index is 1.33. The van der Waals surface area contributed by atoms with Crippen molar-refractivity contribution >= 4 is 34.7 Å². The number of carbonyl (C=O) groups excluding carboxylic acids is 3. The molecule has 8 nitrogen and oxygen atoms in total. The van der Waals surface area contributed by atoms with E-state index in [1.807, 2.05) is 50.2 Å². The van der Waals surface area contributed by atoms with Crippen LogP contribution < -0.4 is 10.6 Å². The van der Waals surface area contributed by atoms with Gasteiger partial charge in [0.05, 0.1) is 5.92 Å². The number of aromatic nitrogens is 2. The molecule has 1 unspecified atom stereocenters. The van der Waals surface area contributed by atoms with E-state index in [0.717, 1.165) is 35.3 Å². The lowest BCUT2D eigenvalue weighted by Crippen LogP contribution is -2.45. The van der Waals surface area contributed by atoms with Crippen LogP contribution in [0.4, 0.5) is 5.69 Å². The van der Waals surface area contributed by atoms with E-state index in [0.29, 0.717) is 25.3 Å². The first-order valence-corrected chi connectivity index (χ1v) is 12.0. The summed E-state index contributed by atoms with van der Waals surface area (Å²) >= 11 is 0.957. The number of hydrogen-bond acceptors (Lipinski definition) is 6. The van der Waals surface area contributed by atoms with Gasteiger partial charge in [0.25, 0.3) is 11.8 Å². The molecular formula is C25H27N5O3S. The molecule has 3 amide bonds. The molecule has 2 N–H and O–H groups in total. The van der Waals surface area contributed by atoms with Crippen LogP contribution in [0.25, 0.3) is 0 Å². The molecule has 176 valence electrons. The molecular weight excluding hydrogens is 450 g/mol. The van der Waals surface area contributed by atoms with Crippen molar-refractivity contribution < 1.29 is 14.4 Å². The normalized spacial score (nSPS) is 15.6. The lowest BCUT2D eigenvalue weighted by atomic mass is 9.97. The quantitative estimate of drug-likeness (QED) is 0.565. The minimum atomic E-state index is -0.410. The molecule has 2 aromatic carbocycles. The fourth-order valence-electron chi connectivity index (χ4n) is 3.77. The molecule has 1 atom stereocenters. The minimum absolute atomic E-state index is 0.0616.